The Kier molecular flexibility index (Phi) is 2.99. The molecule has 1 amide bonds. The summed E-state index contributed by atoms with van der Waals surface area (Å²) in [7, 11) is 0. The second kappa shape index (κ2) is 4.47. The van der Waals surface area contributed by atoms with Crippen LogP contribution in [0.3, 0.4) is 0 Å². The highest BCUT2D eigenvalue weighted by atomic mass is 16.2. The van der Waals surface area contributed by atoms with Crippen molar-refractivity contribution in [1.82, 2.24) is 10.2 Å². The molecule has 0 aromatic rings. The summed E-state index contributed by atoms with van der Waals surface area (Å²) < 4.78 is 0. The highest BCUT2D eigenvalue weighted by Crippen LogP contribution is 2.62. The van der Waals surface area contributed by atoms with Gasteiger partial charge in [0, 0.05) is 6.04 Å². The maximum Gasteiger partial charge on any atom is 0.243 e. The summed E-state index contributed by atoms with van der Waals surface area (Å²) in [6.07, 6.45) is 9.46. The smallest absolute Gasteiger partial charge is 0.243 e. The molecule has 3 heteroatoms. The van der Waals surface area contributed by atoms with Gasteiger partial charge in [-0.3, -0.25) is 10.1 Å². The molecule has 1 aliphatic heterocycles. The molecular formula is C18H30N2O. The van der Waals surface area contributed by atoms with Crippen LogP contribution in [0.4, 0.5) is 0 Å². The highest BCUT2D eigenvalue weighted by Gasteiger charge is 2.56. The summed E-state index contributed by atoms with van der Waals surface area (Å²) in [5, 5.41) is 3.47. The Morgan fingerprint density at radius 2 is 1.71 bits per heavy atom. The maximum absolute atomic E-state index is 12.9. The second-order valence-electron chi connectivity index (χ2n) is 8.75. The molecule has 0 aromatic carbocycles. The van der Waals surface area contributed by atoms with E-state index < -0.39 is 0 Å². The topological polar surface area (TPSA) is 32.3 Å². The molecule has 118 valence electrons. The zero-order chi connectivity index (χ0) is 14.8. The molecule has 1 N–H and O–H groups in total. The SMILES string of the molecule is CCC1(C)NCN(C(C)C23CC4CC(CC(C4)C2)C3)C1=O. The molecule has 5 fully saturated rings. The lowest BCUT2D eigenvalue weighted by Gasteiger charge is -2.60. The Balaban J connectivity index is 1.58. The van der Waals surface area contributed by atoms with Crippen LogP contribution >= 0.6 is 0 Å². The molecule has 5 rings (SSSR count). The van der Waals surface area contributed by atoms with Crippen molar-refractivity contribution in [2.75, 3.05) is 6.67 Å². The van der Waals surface area contributed by atoms with Crippen molar-refractivity contribution in [2.45, 2.75) is 77.3 Å². The first-order chi connectivity index (χ1) is 9.96. The van der Waals surface area contributed by atoms with E-state index in [-0.39, 0.29) is 5.54 Å². The van der Waals surface area contributed by atoms with Crippen LogP contribution in [0.15, 0.2) is 0 Å². The van der Waals surface area contributed by atoms with E-state index in [0.29, 0.717) is 17.4 Å². The fourth-order valence-corrected chi connectivity index (χ4v) is 6.33. The Morgan fingerprint density at radius 1 is 1.19 bits per heavy atom. The number of carbonyl (C=O) groups is 1. The molecule has 2 atom stereocenters. The fraction of sp³-hybridized carbons (Fsp3) is 0.944. The van der Waals surface area contributed by atoms with Crippen LogP contribution < -0.4 is 5.32 Å². The number of rotatable bonds is 3. The molecule has 4 bridgehead atoms. The predicted molar refractivity (Wildman–Crippen MR) is 83.6 cm³/mol. The van der Waals surface area contributed by atoms with E-state index in [1.807, 2.05) is 0 Å². The van der Waals surface area contributed by atoms with Crippen LogP contribution in [-0.4, -0.2) is 29.1 Å². The molecule has 0 radical (unpaired) electrons. The molecule has 2 unspecified atom stereocenters. The van der Waals surface area contributed by atoms with Crippen LogP contribution in [0, 0.1) is 23.2 Å². The molecular weight excluding hydrogens is 260 g/mol. The number of amides is 1. The Bertz CT molecular complexity index is 425. The van der Waals surface area contributed by atoms with Crippen molar-refractivity contribution < 1.29 is 4.79 Å². The van der Waals surface area contributed by atoms with E-state index in [4.69, 9.17) is 0 Å². The normalized spacial score (nSPS) is 50.0. The standard InChI is InChI=1S/C18H30N2O/c1-4-17(3)16(21)20(11-19-17)12(2)18-8-13-5-14(9-18)7-15(6-13)10-18/h12-15,19H,4-11H2,1-3H3. The minimum Gasteiger partial charge on any atom is -0.325 e. The molecule has 4 aliphatic carbocycles. The van der Waals surface area contributed by atoms with E-state index in [2.05, 4.69) is 31.0 Å². The Hall–Kier alpha value is -0.570. The molecule has 1 heterocycles. The van der Waals surface area contributed by atoms with Gasteiger partial charge < -0.3 is 4.90 Å². The number of hydrogen-bond acceptors (Lipinski definition) is 2. The molecule has 4 saturated carbocycles. The number of nitrogens with one attached hydrogen (secondary N) is 1. The Morgan fingerprint density at radius 3 is 2.14 bits per heavy atom. The van der Waals surface area contributed by atoms with Crippen LogP contribution in [-0.2, 0) is 4.79 Å². The molecule has 0 spiro atoms. The van der Waals surface area contributed by atoms with Crippen LogP contribution in [0.1, 0.15) is 65.7 Å². The summed E-state index contributed by atoms with van der Waals surface area (Å²) in [5.41, 5.74) is 0.113. The van der Waals surface area contributed by atoms with Gasteiger partial charge in [-0.25, -0.2) is 0 Å². The lowest BCUT2D eigenvalue weighted by molar-refractivity contribution is -0.143. The van der Waals surface area contributed by atoms with Crippen molar-refractivity contribution in [3.63, 3.8) is 0 Å². The third kappa shape index (κ3) is 1.92. The molecule has 3 nitrogen and oxygen atoms in total. The monoisotopic (exact) mass is 290 g/mol. The number of hydrogen-bond donors (Lipinski definition) is 1. The summed E-state index contributed by atoms with van der Waals surface area (Å²) in [5.74, 6) is 3.22. The van der Waals surface area contributed by atoms with Crippen molar-refractivity contribution >= 4 is 5.91 Å². The predicted octanol–water partition coefficient (Wildman–Crippen LogP) is 3.15. The summed E-state index contributed by atoms with van der Waals surface area (Å²) in [6, 6.07) is 0.416. The third-order valence-electron chi connectivity index (χ3n) is 7.52. The van der Waals surface area contributed by atoms with Crippen molar-refractivity contribution in [3.05, 3.63) is 0 Å². The highest BCUT2D eigenvalue weighted by molar-refractivity contribution is 5.88. The maximum atomic E-state index is 12.9. The molecule has 5 aliphatic rings. The van der Waals surface area contributed by atoms with E-state index in [1.54, 1.807) is 0 Å². The van der Waals surface area contributed by atoms with Gasteiger partial charge in [-0.2, -0.15) is 0 Å². The largest absolute Gasteiger partial charge is 0.325 e. The molecule has 0 aromatic heterocycles. The van der Waals surface area contributed by atoms with Crippen molar-refractivity contribution in [2.24, 2.45) is 23.2 Å². The van der Waals surface area contributed by atoms with Crippen LogP contribution in [0.25, 0.3) is 0 Å². The minimum atomic E-state index is -0.323. The van der Waals surface area contributed by atoms with E-state index >= 15 is 0 Å². The first-order valence-electron chi connectivity index (χ1n) is 9.02. The zero-order valence-corrected chi connectivity index (χ0v) is 13.8. The van der Waals surface area contributed by atoms with Gasteiger partial charge in [0.2, 0.25) is 5.91 Å². The van der Waals surface area contributed by atoms with E-state index in [1.165, 1.54) is 38.5 Å². The van der Waals surface area contributed by atoms with Gasteiger partial charge in [0.1, 0.15) is 0 Å². The van der Waals surface area contributed by atoms with E-state index in [0.717, 1.165) is 30.8 Å². The van der Waals surface area contributed by atoms with Crippen molar-refractivity contribution in [3.8, 4) is 0 Å². The quantitative estimate of drug-likeness (QED) is 0.866. The zero-order valence-electron chi connectivity index (χ0n) is 13.8. The average Bonchev–Trinajstić information content (AvgIpc) is 2.74. The van der Waals surface area contributed by atoms with Gasteiger partial charge >= 0.3 is 0 Å². The summed E-state index contributed by atoms with van der Waals surface area (Å²) in [4.78, 5) is 15.0. The van der Waals surface area contributed by atoms with Crippen LogP contribution in [0.2, 0.25) is 0 Å². The van der Waals surface area contributed by atoms with Gasteiger partial charge in [0.15, 0.2) is 0 Å². The van der Waals surface area contributed by atoms with Gasteiger partial charge in [-0.05, 0) is 82.0 Å². The van der Waals surface area contributed by atoms with Crippen molar-refractivity contribution in [1.29, 1.82) is 0 Å². The van der Waals surface area contributed by atoms with E-state index in [9.17, 15) is 4.79 Å². The lowest BCUT2D eigenvalue weighted by atomic mass is 9.47. The second-order valence-corrected chi connectivity index (χ2v) is 8.75. The first kappa shape index (κ1) is 14.0. The summed E-state index contributed by atoms with van der Waals surface area (Å²) >= 11 is 0. The summed E-state index contributed by atoms with van der Waals surface area (Å²) in [6.45, 7) is 7.28. The Labute approximate surface area is 128 Å². The van der Waals surface area contributed by atoms with Crippen LogP contribution in [0.5, 0.6) is 0 Å². The molecule has 21 heavy (non-hydrogen) atoms. The lowest BCUT2D eigenvalue weighted by Crippen LogP contribution is -2.57. The van der Waals surface area contributed by atoms with Gasteiger partial charge in [0.05, 0.1) is 12.2 Å². The minimum absolute atomic E-state index is 0.323. The number of carbonyl (C=O) groups excluding carboxylic acids is 1. The van der Waals surface area contributed by atoms with Gasteiger partial charge in [0.25, 0.3) is 0 Å². The van der Waals surface area contributed by atoms with Gasteiger partial charge in [-0.15, -0.1) is 0 Å². The fourth-order valence-electron chi connectivity index (χ4n) is 6.33. The molecule has 1 saturated heterocycles. The number of nitrogens with zero attached hydrogens (tertiary/aromatic N) is 1. The first-order valence-corrected chi connectivity index (χ1v) is 9.02. The van der Waals surface area contributed by atoms with Gasteiger partial charge in [-0.1, -0.05) is 6.92 Å². The third-order valence-corrected chi connectivity index (χ3v) is 7.52. The average molecular weight is 290 g/mol.